The van der Waals surface area contributed by atoms with Crippen LogP contribution in [0.4, 0.5) is 4.39 Å². The summed E-state index contributed by atoms with van der Waals surface area (Å²) in [6.45, 7) is 0.879. The average molecular weight is 276 g/mol. The minimum atomic E-state index is -0.379. The van der Waals surface area contributed by atoms with E-state index in [4.69, 9.17) is 4.74 Å². The molecule has 0 atom stereocenters. The number of rotatable bonds is 4. The molecule has 15 heavy (non-hydrogen) atoms. The Bertz CT molecular complexity index is 357. The van der Waals surface area contributed by atoms with Crippen LogP contribution in [0.25, 0.3) is 0 Å². The van der Waals surface area contributed by atoms with Gasteiger partial charge in [0.1, 0.15) is 5.82 Å². The Labute approximate surface area is 95.7 Å². The normalized spacial score (nSPS) is 10.1. The molecule has 1 rings (SSSR count). The largest absolute Gasteiger partial charge is 0.383 e. The Balaban J connectivity index is 2.65. The molecule has 0 heterocycles. The van der Waals surface area contributed by atoms with Gasteiger partial charge in [0.05, 0.1) is 12.2 Å². The molecule has 0 radical (unpaired) electrons. The number of carbonyl (C=O) groups is 1. The zero-order valence-corrected chi connectivity index (χ0v) is 9.80. The molecular formula is C10H11BrFNO2. The lowest BCUT2D eigenvalue weighted by atomic mass is 10.2. The van der Waals surface area contributed by atoms with Crippen LogP contribution in [0.5, 0.6) is 0 Å². The summed E-state index contributed by atoms with van der Waals surface area (Å²) in [6, 6.07) is 3.93. The van der Waals surface area contributed by atoms with E-state index in [1.165, 1.54) is 18.2 Å². The quantitative estimate of drug-likeness (QED) is 0.854. The molecule has 82 valence electrons. The van der Waals surface area contributed by atoms with Crippen LogP contribution >= 0.6 is 15.9 Å². The molecule has 0 saturated heterocycles. The summed E-state index contributed by atoms with van der Waals surface area (Å²) in [5.41, 5.74) is 0.410. The van der Waals surface area contributed by atoms with Crippen molar-refractivity contribution in [3.05, 3.63) is 34.1 Å². The van der Waals surface area contributed by atoms with Crippen molar-refractivity contribution >= 4 is 21.8 Å². The van der Waals surface area contributed by atoms with Gasteiger partial charge in [-0.3, -0.25) is 4.79 Å². The van der Waals surface area contributed by atoms with Crippen molar-refractivity contribution in [3.8, 4) is 0 Å². The highest BCUT2D eigenvalue weighted by Gasteiger charge is 2.09. The minimum Gasteiger partial charge on any atom is -0.383 e. The highest BCUT2D eigenvalue weighted by atomic mass is 79.9. The van der Waals surface area contributed by atoms with Gasteiger partial charge in [-0.1, -0.05) is 0 Å². The molecule has 1 aromatic rings. The van der Waals surface area contributed by atoms with Crippen molar-refractivity contribution in [1.82, 2.24) is 5.32 Å². The van der Waals surface area contributed by atoms with E-state index in [9.17, 15) is 9.18 Å². The number of carbonyl (C=O) groups excluding carboxylic acids is 1. The molecule has 0 aliphatic carbocycles. The van der Waals surface area contributed by atoms with Crippen LogP contribution in [0.2, 0.25) is 0 Å². The van der Waals surface area contributed by atoms with Crippen LogP contribution < -0.4 is 5.32 Å². The zero-order valence-electron chi connectivity index (χ0n) is 8.22. The fourth-order valence-electron chi connectivity index (χ4n) is 1.04. The monoisotopic (exact) mass is 275 g/mol. The SMILES string of the molecule is COCCNC(=O)c1ccc(F)cc1Br. The number of halogens is 2. The molecule has 0 unspecified atom stereocenters. The maximum absolute atomic E-state index is 12.7. The maximum atomic E-state index is 12.7. The summed E-state index contributed by atoms with van der Waals surface area (Å²) >= 11 is 3.12. The Morgan fingerprint density at radius 1 is 1.60 bits per heavy atom. The van der Waals surface area contributed by atoms with Crippen LogP contribution in [0.3, 0.4) is 0 Å². The smallest absolute Gasteiger partial charge is 0.252 e. The van der Waals surface area contributed by atoms with Crippen molar-refractivity contribution in [2.45, 2.75) is 0 Å². The van der Waals surface area contributed by atoms with Gasteiger partial charge in [-0.2, -0.15) is 0 Å². The van der Waals surface area contributed by atoms with Crippen LogP contribution in [0.1, 0.15) is 10.4 Å². The maximum Gasteiger partial charge on any atom is 0.252 e. The van der Waals surface area contributed by atoms with E-state index in [0.717, 1.165) is 0 Å². The lowest BCUT2D eigenvalue weighted by molar-refractivity contribution is 0.0936. The van der Waals surface area contributed by atoms with Crippen molar-refractivity contribution in [3.63, 3.8) is 0 Å². The lowest BCUT2D eigenvalue weighted by Crippen LogP contribution is -2.27. The molecule has 1 aromatic carbocycles. The molecule has 0 saturated carbocycles. The van der Waals surface area contributed by atoms with Gasteiger partial charge in [0.2, 0.25) is 0 Å². The van der Waals surface area contributed by atoms with Gasteiger partial charge in [0.25, 0.3) is 5.91 Å². The van der Waals surface area contributed by atoms with E-state index < -0.39 is 0 Å². The molecule has 1 N–H and O–H groups in total. The molecule has 3 nitrogen and oxygen atoms in total. The predicted octanol–water partition coefficient (Wildman–Crippen LogP) is 1.96. The number of amides is 1. The first-order valence-electron chi connectivity index (χ1n) is 4.37. The van der Waals surface area contributed by atoms with Gasteiger partial charge in [-0.15, -0.1) is 0 Å². The van der Waals surface area contributed by atoms with Gasteiger partial charge >= 0.3 is 0 Å². The second-order valence-corrected chi connectivity index (χ2v) is 3.73. The van der Waals surface area contributed by atoms with Gasteiger partial charge in [0, 0.05) is 18.1 Å². The third-order valence-corrected chi connectivity index (χ3v) is 2.42. The summed E-state index contributed by atoms with van der Waals surface area (Å²) in [4.78, 5) is 11.5. The second-order valence-electron chi connectivity index (χ2n) is 2.87. The molecule has 0 aliphatic heterocycles. The third kappa shape index (κ3) is 3.60. The van der Waals surface area contributed by atoms with Crippen molar-refractivity contribution in [2.24, 2.45) is 0 Å². The zero-order chi connectivity index (χ0) is 11.3. The number of hydrogen-bond acceptors (Lipinski definition) is 2. The van der Waals surface area contributed by atoms with Crippen LogP contribution in [-0.2, 0) is 4.74 Å². The van der Waals surface area contributed by atoms with Crippen LogP contribution in [0, 0.1) is 5.82 Å². The fraction of sp³-hybridized carbons (Fsp3) is 0.300. The third-order valence-electron chi connectivity index (χ3n) is 1.77. The summed E-state index contributed by atoms with van der Waals surface area (Å²) in [7, 11) is 1.56. The van der Waals surface area contributed by atoms with E-state index >= 15 is 0 Å². The van der Waals surface area contributed by atoms with Crippen LogP contribution in [-0.4, -0.2) is 26.2 Å². The van der Waals surface area contributed by atoms with Crippen molar-refractivity contribution in [1.29, 1.82) is 0 Å². The fourth-order valence-corrected chi connectivity index (χ4v) is 1.57. The standard InChI is InChI=1S/C10H11BrFNO2/c1-15-5-4-13-10(14)8-3-2-7(12)6-9(8)11/h2-3,6H,4-5H2,1H3,(H,13,14). The van der Waals surface area contributed by atoms with E-state index in [0.29, 0.717) is 23.2 Å². The lowest BCUT2D eigenvalue weighted by Gasteiger charge is -2.06. The number of benzene rings is 1. The summed E-state index contributed by atoms with van der Waals surface area (Å²) in [5, 5.41) is 2.64. The van der Waals surface area contributed by atoms with E-state index in [-0.39, 0.29) is 11.7 Å². The Morgan fingerprint density at radius 3 is 2.93 bits per heavy atom. The Morgan fingerprint density at radius 2 is 2.33 bits per heavy atom. The van der Waals surface area contributed by atoms with Crippen molar-refractivity contribution < 1.29 is 13.9 Å². The molecule has 0 aromatic heterocycles. The molecule has 1 amide bonds. The number of methoxy groups -OCH3 is 1. The minimum absolute atomic E-state index is 0.251. The first-order chi connectivity index (χ1) is 7.15. The first-order valence-corrected chi connectivity index (χ1v) is 5.16. The molecule has 5 heteroatoms. The van der Waals surface area contributed by atoms with E-state index in [1.54, 1.807) is 7.11 Å². The predicted molar refractivity (Wildman–Crippen MR) is 58.3 cm³/mol. The topological polar surface area (TPSA) is 38.3 Å². The number of nitrogens with one attached hydrogen (secondary N) is 1. The molecule has 0 fully saturated rings. The molecule has 0 bridgehead atoms. The summed E-state index contributed by atoms with van der Waals surface area (Å²) in [6.07, 6.45) is 0. The Kier molecular flexibility index (Phi) is 4.71. The molecule has 0 spiro atoms. The number of ether oxygens (including phenoxy) is 1. The highest BCUT2D eigenvalue weighted by molar-refractivity contribution is 9.10. The van der Waals surface area contributed by atoms with Gasteiger partial charge in [-0.25, -0.2) is 4.39 Å². The molecule has 0 aliphatic rings. The second kappa shape index (κ2) is 5.82. The molecular weight excluding hydrogens is 265 g/mol. The highest BCUT2D eigenvalue weighted by Crippen LogP contribution is 2.17. The number of hydrogen-bond donors (Lipinski definition) is 1. The van der Waals surface area contributed by atoms with Gasteiger partial charge in [-0.05, 0) is 34.1 Å². The van der Waals surface area contributed by atoms with Gasteiger partial charge in [0.15, 0.2) is 0 Å². The van der Waals surface area contributed by atoms with Gasteiger partial charge < -0.3 is 10.1 Å². The van der Waals surface area contributed by atoms with Crippen LogP contribution in [0.15, 0.2) is 22.7 Å². The van der Waals surface area contributed by atoms with E-state index in [1.807, 2.05) is 0 Å². The Hall–Kier alpha value is -0.940. The first kappa shape index (κ1) is 12.1. The average Bonchev–Trinajstić information content (AvgIpc) is 2.17. The van der Waals surface area contributed by atoms with E-state index in [2.05, 4.69) is 21.2 Å². The summed E-state index contributed by atoms with van der Waals surface area (Å²) in [5.74, 6) is -0.630. The van der Waals surface area contributed by atoms with Crippen molar-refractivity contribution in [2.75, 3.05) is 20.3 Å². The summed E-state index contributed by atoms with van der Waals surface area (Å²) < 4.78 is 18.0.